The number of methoxy groups -OCH3 is 1. The van der Waals surface area contributed by atoms with Crippen LogP contribution in [-0.2, 0) is 4.74 Å². The fourth-order valence-electron chi connectivity index (χ4n) is 3.53. The van der Waals surface area contributed by atoms with E-state index in [9.17, 15) is 14.7 Å². The average Bonchev–Trinajstić information content (AvgIpc) is 3.18. The van der Waals surface area contributed by atoms with Gasteiger partial charge in [-0.15, -0.1) is 0 Å². The highest BCUT2D eigenvalue weighted by Crippen LogP contribution is 2.32. The van der Waals surface area contributed by atoms with E-state index in [-0.39, 0.29) is 17.1 Å². The summed E-state index contributed by atoms with van der Waals surface area (Å²) in [5, 5.41) is 13.4. The normalized spacial score (nSPS) is 11.3. The monoisotopic (exact) mass is 460 g/mol. The molecule has 0 bridgehead atoms. The van der Waals surface area contributed by atoms with Crippen molar-refractivity contribution in [2.75, 3.05) is 12.4 Å². The SMILES string of the molecule is COc1cccc(C(=O)O)c1Nc1cncc(-c2cc3ccccc3n2C(=O)OC(C)(C)C)n1. The van der Waals surface area contributed by atoms with Gasteiger partial charge >= 0.3 is 12.1 Å². The number of ether oxygens (including phenoxy) is 2. The van der Waals surface area contributed by atoms with E-state index in [4.69, 9.17) is 9.47 Å². The Morgan fingerprint density at radius 1 is 1.06 bits per heavy atom. The Morgan fingerprint density at radius 3 is 2.53 bits per heavy atom. The first-order valence-electron chi connectivity index (χ1n) is 10.5. The van der Waals surface area contributed by atoms with Gasteiger partial charge in [-0.3, -0.25) is 4.98 Å². The van der Waals surface area contributed by atoms with E-state index >= 15 is 0 Å². The van der Waals surface area contributed by atoms with Crippen molar-refractivity contribution in [2.45, 2.75) is 26.4 Å². The topological polar surface area (TPSA) is 116 Å². The van der Waals surface area contributed by atoms with Crippen LogP contribution in [0.4, 0.5) is 16.3 Å². The maximum Gasteiger partial charge on any atom is 0.419 e. The average molecular weight is 460 g/mol. The number of nitrogens with zero attached hydrogens (tertiary/aromatic N) is 3. The molecule has 0 saturated carbocycles. The van der Waals surface area contributed by atoms with Crippen molar-refractivity contribution in [3.8, 4) is 17.1 Å². The fourth-order valence-corrected chi connectivity index (χ4v) is 3.53. The van der Waals surface area contributed by atoms with Crippen molar-refractivity contribution in [2.24, 2.45) is 0 Å². The third-order valence-electron chi connectivity index (χ3n) is 4.91. The number of rotatable bonds is 5. The molecule has 2 N–H and O–H groups in total. The second-order valence-electron chi connectivity index (χ2n) is 8.51. The van der Waals surface area contributed by atoms with Crippen LogP contribution in [0, 0.1) is 0 Å². The van der Waals surface area contributed by atoms with Crippen molar-refractivity contribution in [3.05, 3.63) is 66.5 Å². The van der Waals surface area contributed by atoms with Gasteiger partial charge in [0, 0.05) is 5.39 Å². The van der Waals surface area contributed by atoms with Gasteiger partial charge in [0.1, 0.15) is 22.9 Å². The summed E-state index contributed by atoms with van der Waals surface area (Å²) in [7, 11) is 1.45. The third kappa shape index (κ3) is 4.54. The van der Waals surface area contributed by atoms with Crippen LogP contribution in [-0.4, -0.2) is 44.4 Å². The quantitative estimate of drug-likeness (QED) is 0.410. The molecule has 34 heavy (non-hydrogen) atoms. The van der Waals surface area contributed by atoms with Gasteiger partial charge in [0.15, 0.2) is 0 Å². The molecule has 2 aromatic carbocycles. The highest BCUT2D eigenvalue weighted by molar-refractivity contribution is 5.97. The van der Waals surface area contributed by atoms with E-state index in [0.29, 0.717) is 22.7 Å². The van der Waals surface area contributed by atoms with Gasteiger partial charge in [0.2, 0.25) is 0 Å². The van der Waals surface area contributed by atoms with Crippen LogP contribution in [0.15, 0.2) is 60.9 Å². The van der Waals surface area contributed by atoms with Gasteiger partial charge in [0.25, 0.3) is 0 Å². The minimum Gasteiger partial charge on any atom is -0.495 e. The summed E-state index contributed by atoms with van der Waals surface area (Å²) in [5.74, 6) is -0.490. The van der Waals surface area contributed by atoms with Crippen molar-refractivity contribution >= 4 is 34.5 Å². The zero-order valence-corrected chi connectivity index (χ0v) is 19.2. The summed E-state index contributed by atoms with van der Waals surface area (Å²) >= 11 is 0. The van der Waals surface area contributed by atoms with Crippen LogP contribution in [0.25, 0.3) is 22.3 Å². The van der Waals surface area contributed by atoms with E-state index in [0.717, 1.165) is 5.39 Å². The fraction of sp³-hybridized carbons (Fsp3) is 0.200. The number of anilines is 2. The maximum absolute atomic E-state index is 13.1. The summed E-state index contributed by atoms with van der Waals surface area (Å²) in [6.07, 6.45) is 2.45. The summed E-state index contributed by atoms with van der Waals surface area (Å²) < 4.78 is 12.4. The molecule has 174 valence electrons. The van der Waals surface area contributed by atoms with Gasteiger partial charge in [-0.1, -0.05) is 24.3 Å². The number of aromatic nitrogens is 3. The molecule has 0 spiro atoms. The Labute approximate surface area is 196 Å². The molecule has 0 fully saturated rings. The van der Waals surface area contributed by atoms with Crippen LogP contribution < -0.4 is 10.1 Å². The second-order valence-corrected chi connectivity index (χ2v) is 8.51. The van der Waals surface area contributed by atoms with Crippen molar-refractivity contribution in [3.63, 3.8) is 0 Å². The Balaban J connectivity index is 1.81. The van der Waals surface area contributed by atoms with E-state index in [1.807, 2.05) is 30.3 Å². The van der Waals surface area contributed by atoms with Gasteiger partial charge in [-0.2, -0.15) is 0 Å². The number of hydrogen-bond donors (Lipinski definition) is 2. The molecule has 0 atom stereocenters. The number of fused-ring (bicyclic) bond motifs is 1. The Hall–Kier alpha value is -4.40. The molecule has 0 unspecified atom stereocenters. The first kappa shape index (κ1) is 22.8. The molecule has 0 amide bonds. The van der Waals surface area contributed by atoms with E-state index < -0.39 is 17.7 Å². The highest BCUT2D eigenvalue weighted by atomic mass is 16.6. The first-order chi connectivity index (χ1) is 16.2. The number of carboxylic acids is 1. The smallest absolute Gasteiger partial charge is 0.419 e. The summed E-state index contributed by atoms with van der Waals surface area (Å²) in [4.78, 5) is 33.7. The van der Waals surface area contributed by atoms with E-state index in [1.165, 1.54) is 30.1 Å². The zero-order chi connectivity index (χ0) is 24.5. The zero-order valence-electron chi connectivity index (χ0n) is 19.2. The van der Waals surface area contributed by atoms with Crippen LogP contribution in [0.1, 0.15) is 31.1 Å². The second kappa shape index (κ2) is 8.86. The van der Waals surface area contributed by atoms with Crippen molar-refractivity contribution in [1.29, 1.82) is 0 Å². The third-order valence-corrected chi connectivity index (χ3v) is 4.91. The summed E-state index contributed by atoms with van der Waals surface area (Å²) in [5.41, 5.74) is 1.14. The predicted molar refractivity (Wildman–Crippen MR) is 128 cm³/mol. The van der Waals surface area contributed by atoms with Crippen LogP contribution >= 0.6 is 0 Å². The molecule has 2 heterocycles. The van der Waals surface area contributed by atoms with Crippen LogP contribution in [0.5, 0.6) is 5.75 Å². The molecule has 0 aliphatic heterocycles. The molecule has 4 rings (SSSR count). The number of carbonyl (C=O) groups is 2. The number of carbonyl (C=O) groups excluding carboxylic acids is 1. The lowest BCUT2D eigenvalue weighted by atomic mass is 10.1. The van der Waals surface area contributed by atoms with Crippen molar-refractivity contribution in [1.82, 2.24) is 14.5 Å². The lowest BCUT2D eigenvalue weighted by Crippen LogP contribution is -2.27. The largest absolute Gasteiger partial charge is 0.495 e. The molecule has 9 heteroatoms. The Morgan fingerprint density at radius 2 is 1.82 bits per heavy atom. The molecule has 0 radical (unpaired) electrons. The highest BCUT2D eigenvalue weighted by Gasteiger charge is 2.24. The van der Waals surface area contributed by atoms with Crippen LogP contribution in [0.3, 0.4) is 0 Å². The number of carboxylic acid groups (broad SMARTS) is 1. The van der Waals surface area contributed by atoms with Crippen molar-refractivity contribution < 1.29 is 24.2 Å². The summed E-state index contributed by atoms with van der Waals surface area (Å²) in [6.45, 7) is 5.40. The molecule has 0 aliphatic rings. The molecule has 9 nitrogen and oxygen atoms in total. The standard InChI is InChI=1S/C25H24N4O5/c1-25(2,3)34-24(32)29-18-10-6-5-8-15(18)12-19(29)17-13-26-14-21(27-17)28-22-16(23(30)31)9-7-11-20(22)33-4/h5-14H,1-4H3,(H,27,28)(H,30,31). The number of para-hydroxylation sites is 2. The first-order valence-corrected chi connectivity index (χ1v) is 10.5. The molecular weight excluding hydrogens is 436 g/mol. The minimum atomic E-state index is -1.12. The van der Waals surface area contributed by atoms with Gasteiger partial charge in [0.05, 0.1) is 42.0 Å². The summed E-state index contributed by atoms with van der Waals surface area (Å²) in [6, 6.07) is 14.0. The van der Waals surface area contributed by atoms with E-state index in [1.54, 1.807) is 32.9 Å². The number of benzene rings is 2. The molecule has 0 saturated heterocycles. The molecule has 4 aromatic rings. The Bertz CT molecular complexity index is 1390. The van der Waals surface area contributed by atoms with Crippen LogP contribution in [0.2, 0.25) is 0 Å². The lowest BCUT2D eigenvalue weighted by molar-refractivity contribution is 0.0546. The number of hydrogen-bond acceptors (Lipinski definition) is 7. The predicted octanol–water partition coefficient (Wildman–Crippen LogP) is 5.33. The molecule has 0 aliphatic carbocycles. The van der Waals surface area contributed by atoms with Gasteiger partial charge in [-0.05, 0) is 45.0 Å². The number of aromatic carboxylic acids is 1. The Kier molecular flexibility index (Phi) is 5.93. The lowest BCUT2D eigenvalue weighted by Gasteiger charge is -2.21. The molecular formula is C25H24N4O5. The van der Waals surface area contributed by atoms with Gasteiger partial charge < -0.3 is 19.9 Å². The van der Waals surface area contributed by atoms with E-state index in [2.05, 4.69) is 15.3 Å². The van der Waals surface area contributed by atoms with Gasteiger partial charge in [-0.25, -0.2) is 19.1 Å². The number of nitrogens with one attached hydrogen (secondary N) is 1. The maximum atomic E-state index is 13.1. The molecule has 2 aromatic heterocycles. The minimum absolute atomic E-state index is 0.0226.